The van der Waals surface area contributed by atoms with E-state index in [0.717, 1.165) is 55.6 Å². The molecule has 0 heterocycles. The van der Waals surface area contributed by atoms with Gasteiger partial charge in [0.1, 0.15) is 0 Å². The van der Waals surface area contributed by atoms with E-state index in [9.17, 15) is 10.1 Å². The summed E-state index contributed by atoms with van der Waals surface area (Å²) in [6.07, 6.45) is 16.3. The molecule has 1 fully saturated rings. The van der Waals surface area contributed by atoms with Crippen molar-refractivity contribution in [2.45, 2.75) is 124 Å². The second-order valence-corrected chi connectivity index (χ2v) is 12.9. The number of hydrogen-bond donors (Lipinski definition) is 0. The maximum Gasteiger partial charge on any atom is 0.338 e. The number of hydrogen-bond acceptors (Lipinski definition) is 3. The zero-order valence-electron chi connectivity index (χ0n) is 25.7. The maximum atomic E-state index is 12.5. The van der Waals surface area contributed by atoms with E-state index < -0.39 is 0 Å². The highest BCUT2D eigenvalue weighted by Gasteiger charge is 2.35. The van der Waals surface area contributed by atoms with Crippen LogP contribution in [0.2, 0.25) is 0 Å². The van der Waals surface area contributed by atoms with Gasteiger partial charge in [-0.1, -0.05) is 115 Å². The van der Waals surface area contributed by atoms with Crippen LogP contribution >= 0.6 is 0 Å². The second kappa shape index (κ2) is 16.6. The maximum absolute atomic E-state index is 12.5. The number of ether oxygens (including phenoxy) is 1. The Morgan fingerprint density at radius 3 is 2.10 bits per heavy atom. The predicted octanol–water partition coefficient (Wildman–Crippen LogP) is 10.9. The highest BCUT2D eigenvalue weighted by atomic mass is 16.5. The summed E-state index contributed by atoms with van der Waals surface area (Å²) in [5.74, 6) is 1.65. The van der Waals surface area contributed by atoms with E-state index in [-0.39, 0.29) is 11.4 Å². The van der Waals surface area contributed by atoms with Crippen LogP contribution in [0.3, 0.4) is 0 Å². The third-order valence-electron chi connectivity index (χ3n) is 9.10. The monoisotopic (exact) mass is 543 g/mol. The van der Waals surface area contributed by atoms with Crippen LogP contribution in [0.15, 0.2) is 48.5 Å². The number of benzene rings is 2. The number of nitriles is 1. The van der Waals surface area contributed by atoms with Crippen molar-refractivity contribution in [3.05, 3.63) is 59.7 Å². The van der Waals surface area contributed by atoms with E-state index in [4.69, 9.17) is 4.74 Å². The summed E-state index contributed by atoms with van der Waals surface area (Å²) in [5.41, 5.74) is 4.17. The zero-order valence-corrected chi connectivity index (χ0v) is 25.7. The van der Waals surface area contributed by atoms with Crippen molar-refractivity contribution >= 4 is 5.97 Å². The minimum atomic E-state index is -0.233. The second-order valence-electron chi connectivity index (χ2n) is 12.9. The summed E-state index contributed by atoms with van der Waals surface area (Å²) in [6.45, 7) is 9.51. The van der Waals surface area contributed by atoms with Crippen LogP contribution in [0, 0.1) is 28.6 Å². The molecule has 40 heavy (non-hydrogen) atoms. The van der Waals surface area contributed by atoms with Crippen LogP contribution in [0.25, 0.3) is 11.1 Å². The van der Waals surface area contributed by atoms with Crippen molar-refractivity contribution < 1.29 is 9.53 Å². The molecular weight excluding hydrogens is 490 g/mol. The van der Waals surface area contributed by atoms with Crippen LogP contribution in [-0.2, 0) is 4.74 Å². The van der Waals surface area contributed by atoms with E-state index in [2.05, 4.69) is 58.0 Å². The lowest BCUT2D eigenvalue weighted by Crippen LogP contribution is -2.25. The molecule has 0 amide bonds. The van der Waals surface area contributed by atoms with Gasteiger partial charge in [0.2, 0.25) is 0 Å². The van der Waals surface area contributed by atoms with Crippen LogP contribution in [-0.4, -0.2) is 12.6 Å². The third-order valence-corrected chi connectivity index (χ3v) is 9.10. The Morgan fingerprint density at radius 1 is 0.875 bits per heavy atom. The van der Waals surface area contributed by atoms with Gasteiger partial charge in [-0.25, -0.2) is 4.79 Å². The van der Waals surface area contributed by atoms with E-state index in [1.165, 1.54) is 56.9 Å². The molecule has 0 unspecified atom stereocenters. The molecular formula is C37H53NO2. The predicted molar refractivity (Wildman–Crippen MR) is 167 cm³/mol. The Balaban J connectivity index is 1.45. The van der Waals surface area contributed by atoms with Gasteiger partial charge < -0.3 is 4.74 Å². The Bertz CT molecular complexity index is 1040. The van der Waals surface area contributed by atoms with E-state index in [0.29, 0.717) is 24.0 Å². The average Bonchev–Trinajstić information content (AvgIpc) is 2.97. The zero-order chi connectivity index (χ0) is 28.8. The molecule has 3 heteroatoms. The molecule has 1 atom stereocenters. The molecule has 0 aromatic heterocycles. The smallest absolute Gasteiger partial charge is 0.338 e. The van der Waals surface area contributed by atoms with Gasteiger partial charge in [-0.3, -0.25) is 0 Å². The summed E-state index contributed by atoms with van der Waals surface area (Å²) in [4.78, 5) is 12.5. The number of carbonyl (C=O) groups excluding carboxylic acids is 1. The summed E-state index contributed by atoms with van der Waals surface area (Å²) in [7, 11) is 0. The number of esters is 1. The highest BCUT2D eigenvalue weighted by Crippen LogP contribution is 2.46. The van der Waals surface area contributed by atoms with Gasteiger partial charge >= 0.3 is 5.97 Å². The lowest BCUT2D eigenvalue weighted by atomic mass is 9.67. The highest BCUT2D eigenvalue weighted by molar-refractivity contribution is 5.90. The van der Waals surface area contributed by atoms with Crippen molar-refractivity contribution in [1.29, 1.82) is 5.26 Å². The Kier molecular flexibility index (Phi) is 13.3. The molecule has 0 spiro atoms. The molecule has 3 rings (SSSR count). The molecule has 218 valence electrons. The first-order valence-electron chi connectivity index (χ1n) is 16.1. The third kappa shape index (κ3) is 10.1. The van der Waals surface area contributed by atoms with E-state index in [1.807, 2.05) is 24.3 Å². The molecule has 0 N–H and O–H groups in total. The topological polar surface area (TPSA) is 50.1 Å². The summed E-state index contributed by atoms with van der Waals surface area (Å²) in [5, 5.41) is 9.95. The SMILES string of the molecule is CCCCCCC[C@]1(C#N)CC[C@H](c2ccc(-c3ccc(C(=O)OCC[C@H](C)CCCC(C)C)cc3)cc2)CC1. The van der Waals surface area contributed by atoms with Gasteiger partial charge in [-0.15, -0.1) is 0 Å². The van der Waals surface area contributed by atoms with Crippen LogP contribution in [0.1, 0.15) is 139 Å². The van der Waals surface area contributed by atoms with Crippen molar-refractivity contribution in [2.24, 2.45) is 17.3 Å². The van der Waals surface area contributed by atoms with Gasteiger partial charge in [0.15, 0.2) is 0 Å². The molecule has 2 aromatic rings. The first kappa shape index (κ1) is 31.9. The average molecular weight is 544 g/mol. The minimum absolute atomic E-state index is 0.0999. The molecule has 0 aliphatic heterocycles. The Labute approximate surface area is 244 Å². The lowest BCUT2D eigenvalue weighted by Gasteiger charge is -2.35. The molecule has 0 bridgehead atoms. The Morgan fingerprint density at radius 2 is 1.50 bits per heavy atom. The molecule has 3 nitrogen and oxygen atoms in total. The quantitative estimate of drug-likeness (QED) is 0.156. The molecule has 1 aliphatic rings. The van der Waals surface area contributed by atoms with Gasteiger partial charge in [0, 0.05) is 0 Å². The fraction of sp³-hybridized carbons (Fsp3) is 0.622. The first-order chi connectivity index (χ1) is 19.4. The van der Waals surface area contributed by atoms with E-state index in [1.54, 1.807) is 0 Å². The molecule has 0 radical (unpaired) electrons. The molecule has 2 aromatic carbocycles. The Hall–Kier alpha value is -2.60. The lowest BCUT2D eigenvalue weighted by molar-refractivity contribution is 0.0483. The molecule has 1 saturated carbocycles. The standard InChI is InChI=1S/C37H53NO2/c1-5-6-7-8-9-24-37(28-38)25-21-34(22-26-37)33-15-13-31(14-16-33)32-17-19-35(20-18-32)36(39)40-27-23-30(4)12-10-11-29(2)3/h13-20,29-30,34H,5-12,21-27H2,1-4H3/t30-,34-,37-/m1/s1. The normalized spacial score (nSPS) is 19.8. The van der Waals surface area contributed by atoms with Crippen molar-refractivity contribution in [3.63, 3.8) is 0 Å². The van der Waals surface area contributed by atoms with Crippen LogP contribution in [0.4, 0.5) is 0 Å². The van der Waals surface area contributed by atoms with Gasteiger partial charge in [-0.05, 0) is 85.1 Å². The summed E-state index contributed by atoms with van der Waals surface area (Å²) >= 11 is 0. The number of rotatable bonds is 16. The van der Waals surface area contributed by atoms with Gasteiger partial charge in [-0.2, -0.15) is 5.26 Å². The number of carbonyl (C=O) groups is 1. The van der Waals surface area contributed by atoms with Crippen molar-refractivity contribution in [3.8, 4) is 17.2 Å². The fourth-order valence-electron chi connectivity index (χ4n) is 6.19. The number of unbranched alkanes of at least 4 members (excludes halogenated alkanes) is 4. The van der Waals surface area contributed by atoms with Crippen molar-refractivity contribution in [1.82, 2.24) is 0 Å². The van der Waals surface area contributed by atoms with Crippen LogP contribution < -0.4 is 0 Å². The van der Waals surface area contributed by atoms with Crippen LogP contribution in [0.5, 0.6) is 0 Å². The molecule has 0 saturated heterocycles. The number of nitrogens with zero attached hydrogens (tertiary/aromatic N) is 1. The van der Waals surface area contributed by atoms with Crippen molar-refractivity contribution in [2.75, 3.05) is 6.61 Å². The fourth-order valence-corrected chi connectivity index (χ4v) is 6.19. The molecule has 1 aliphatic carbocycles. The largest absolute Gasteiger partial charge is 0.462 e. The minimum Gasteiger partial charge on any atom is -0.462 e. The summed E-state index contributed by atoms with van der Waals surface area (Å²) < 4.78 is 5.56. The first-order valence-corrected chi connectivity index (χ1v) is 16.1. The van der Waals surface area contributed by atoms with Gasteiger partial charge in [0.05, 0.1) is 23.7 Å². The van der Waals surface area contributed by atoms with Gasteiger partial charge in [0.25, 0.3) is 0 Å². The van der Waals surface area contributed by atoms with E-state index >= 15 is 0 Å². The summed E-state index contributed by atoms with van der Waals surface area (Å²) in [6, 6.07) is 19.4.